The summed E-state index contributed by atoms with van der Waals surface area (Å²) in [6, 6.07) is 0.420. The van der Waals surface area contributed by atoms with Gasteiger partial charge in [0, 0.05) is 30.5 Å². The maximum Gasteiger partial charge on any atom is 0.315 e. The molecule has 3 heterocycles. The van der Waals surface area contributed by atoms with Crippen LogP contribution in [-0.2, 0) is 19.1 Å². The Labute approximate surface area is 200 Å². The third-order valence-electron chi connectivity index (χ3n) is 7.18. The van der Waals surface area contributed by atoms with Crippen LogP contribution in [-0.4, -0.2) is 72.0 Å². The first-order chi connectivity index (χ1) is 15.7. The highest BCUT2D eigenvalue weighted by Gasteiger charge is 2.54. The molecular formula is C23H38N4O5S. The van der Waals surface area contributed by atoms with Crippen LogP contribution in [0.25, 0.3) is 0 Å². The molecule has 5 atom stereocenters. The Morgan fingerprint density at radius 1 is 1.03 bits per heavy atom. The van der Waals surface area contributed by atoms with Crippen molar-refractivity contribution < 1.29 is 23.9 Å². The van der Waals surface area contributed by atoms with Gasteiger partial charge in [-0.05, 0) is 46.0 Å². The zero-order chi connectivity index (χ0) is 23.6. The van der Waals surface area contributed by atoms with Crippen molar-refractivity contribution in [2.45, 2.75) is 101 Å². The van der Waals surface area contributed by atoms with Crippen LogP contribution in [0.2, 0.25) is 0 Å². The Bertz CT molecular complexity index is 747. The Kier molecular flexibility index (Phi) is 7.45. The van der Waals surface area contributed by atoms with Crippen LogP contribution in [0.15, 0.2) is 0 Å². The molecule has 3 aliphatic heterocycles. The van der Waals surface area contributed by atoms with E-state index in [0.29, 0.717) is 44.0 Å². The van der Waals surface area contributed by atoms with Gasteiger partial charge in [-0.2, -0.15) is 11.8 Å². The summed E-state index contributed by atoms with van der Waals surface area (Å²) < 4.78 is 11.8. The van der Waals surface area contributed by atoms with E-state index >= 15 is 0 Å². The average molecular weight is 483 g/mol. The van der Waals surface area contributed by atoms with E-state index in [0.717, 1.165) is 25.0 Å². The van der Waals surface area contributed by atoms with Gasteiger partial charge in [0.2, 0.25) is 11.8 Å². The lowest BCUT2D eigenvalue weighted by atomic mass is 9.87. The highest BCUT2D eigenvalue weighted by atomic mass is 32.2. The van der Waals surface area contributed by atoms with E-state index in [-0.39, 0.29) is 42.1 Å². The molecular weight excluding hydrogens is 444 g/mol. The third kappa shape index (κ3) is 5.95. The third-order valence-corrected chi connectivity index (χ3v) is 8.69. The summed E-state index contributed by atoms with van der Waals surface area (Å²) >= 11 is 1.90. The monoisotopic (exact) mass is 482 g/mol. The minimum Gasteiger partial charge on any atom is -0.356 e. The topological polar surface area (TPSA) is 118 Å². The second-order valence-corrected chi connectivity index (χ2v) is 11.8. The van der Waals surface area contributed by atoms with Gasteiger partial charge in [-0.25, -0.2) is 4.79 Å². The van der Waals surface area contributed by atoms with Gasteiger partial charge >= 0.3 is 6.03 Å². The number of fused-ring (bicyclic) bond motifs is 2. The molecule has 0 aromatic carbocycles. The summed E-state index contributed by atoms with van der Waals surface area (Å²) in [5.74, 6) is 0.496. The predicted octanol–water partition coefficient (Wildman–Crippen LogP) is 1.65. The lowest BCUT2D eigenvalue weighted by Gasteiger charge is -2.26. The zero-order valence-electron chi connectivity index (χ0n) is 19.9. The summed E-state index contributed by atoms with van der Waals surface area (Å²) in [6.07, 6.45) is 5.37. The van der Waals surface area contributed by atoms with Gasteiger partial charge in [-0.3, -0.25) is 9.59 Å². The molecule has 33 heavy (non-hydrogen) atoms. The van der Waals surface area contributed by atoms with Crippen molar-refractivity contribution >= 4 is 29.6 Å². The molecule has 9 nitrogen and oxygen atoms in total. The molecule has 4 amide bonds. The Hall–Kier alpha value is -1.52. The lowest BCUT2D eigenvalue weighted by Crippen LogP contribution is -2.40. The lowest BCUT2D eigenvalue weighted by molar-refractivity contribution is -0.162. The van der Waals surface area contributed by atoms with E-state index in [1.807, 2.05) is 32.5 Å². The van der Waals surface area contributed by atoms with Crippen molar-refractivity contribution in [1.29, 1.82) is 0 Å². The summed E-state index contributed by atoms with van der Waals surface area (Å²) in [6.45, 7) is 6.90. The Morgan fingerprint density at radius 3 is 2.45 bits per heavy atom. The molecule has 4 aliphatic rings. The molecule has 4 fully saturated rings. The zero-order valence-corrected chi connectivity index (χ0v) is 20.7. The molecule has 10 heteroatoms. The molecule has 0 radical (unpaired) electrons. The number of amides is 4. The highest BCUT2D eigenvalue weighted by Crippen LogP contribution is 2.47. The fourth-order valence-electron chi connectivity index (χ4n) is 5.51. The molecule has 4 N–H and O–H groups in total. The van der Waals surface area contributed by atoms with Crippen molar-refractivity contribution in [2.75, 3.05) is 18.8 Å². The fraction of sp³-hybridized carbons (Fsp3) is 0.870. The van der Waals surface area contributed by atoms with E-state index < -0.39 is 11.2 Å². The maximum atomic E-state index is 12.7. The minimum atomic E-state index is -0.561. The quantitative estimate of drug-likeness (QED) is 0.278. The average Bonchev–Trinajstić information content (AvgIpc) is 3.43. The molecule has 0 aromatic rings. The summed E-state index contributed by atoms with van der Waals surface area (Å²) in [5, 5.41) is 12.4. The van der Waals surface area contributed by atoms with Crippen LogP contribution < -0.4 is 21.3 Å². The number of nitrogens with one attached hydrogen (secondary N) is 4. The van der Waals surface area contributed by atoms with Crippen LogP contribution >= 0.6 is 11.8 Å². The molecule has 1 aliphatic carbocycles. The molecule has 0 aromatic heterocycles. The van der Waals surface area contributed by atoms with Gasteiger partial charge in [-0.15, -0.1) is 0 Å². The van der Waals surface area contributed by atoms with Crippen LogP contribution in [0.1, 0.15) is 65.7 Å². The first-order valence-electron chi connectivity index (χ1n) is 12.2. The van der Waals surface area contributed by atoms with Gasteiger partial charge < -0.3 is 30.7 Å². The van der Waals surface area contributed by atoms with Crippen LogP contribution in [0.4, 0.5) is 4.79 Å². The first kappa shape index (κ1) is 24.6. The molecule has 1 saturated carbocycles. The fourth-order valence-corrected chi connectivity index (χ4v) is 7.05. The number of carbonyl (C=O) groups is 3. The van der Waals surface area contributed by atoms with Crippen molar-refractivity contribution in [3.63, 3.8) is 0 Å². The van der Waals surface area contributed by atoms with Crippen LogP contribution in [0.5, 0.6) is 0 Å². The maximum absolute atomic E-state index is 12.7. The minimum absolute atomic E-state index is 0.0164. The van der Waals surface area contributed by atoms with E-state index in [1.54, 1.807) is 0 Å². The normalized spacial score (nSPS) is 36.1. The summed E-state index contributed by atoms with van der Waals surface area (Å²) in [7, 11) is 0. The number of ether oxygens (including phenoxy) is 2. The standard InChI is InChI=1S/C23H38N4O5S/c1-22(2)31-15-11-23(3,12-16(15)32-22)20(29)25-10-6-9-24-18(28)8-5-4-7-17-19-14(13-33-17)26-21(30)27-19/h14-17,19H,4-13H2,1-3H3,(H,24,28)(H,25,29)(H2,26,27,30)/t14-,15?,16?,17?,19-,23?/m0/s1. The summed E-state index contributed by atoms with van der Waals surface area (Å²) in [5.41, 5.74) is -0.468. The van der Waals surface area contributed by atoms with Crippen LogP contribution in [0, 0.1) is 5.41 Å². The van der Waals surface area contributed by atoms with Crippen LogP contribution in [0.3, 0.4) is 0 Å². The molecule has 0 bridgehead atoms. The highest BCUT2D eigenvalue weighted by molar-refractivity contribution is 8.00. The van der Waals surface area contributed by atoms with Crippen molar-refractivity contribution in [3.05, 3.63) is 0 Å². The van der Waals surface area contributed by atoms with E-state index in [2.05, 4.69) is 21.3 Å². The number of thioether (sulfide) groups is 1. The molecule has 186 valence electrons. The largest absolute Gasteiger partial charge is 0.356 e. The van der Waals surface area contributed by atoms with Gasteiger partial charge in [0.15, 0.2) is 5.79 Å². The molecule has 4 rings (SSSR count). The number of hydrogen-bond acceptors (Lipinski definition) is 6. The predicted molar refractivity (Wildman–Crippen MR) is 126 cm³/mol. The number of carbonyl (C=O) groups excluding carboxylic acids is 3. The molecule has 3 unspecified atom stereocenters. The Balaban J connectivity index is 1.03. The van der Waals surface area contributed by atoms with Crippen molar-refractivity contribution in [3.8, 4) is 0 Å². The Morgan fingerprint density at radius 2 is 1.73 bits per heavy atom. The summed E-state index contributed by atoms with van der Waals surface area (Å²) in [4.78, 5) is 36.2. The van der Waals surface area contributed by atoms with Crippen molar-refractivity contribution in [1.82, 2.24) is 21.3 Å². The van der Waals surface area contributed by atoms with Gasteiger partial charge in [0.25, 0.3) is 0 Å². The second kappa shape index (κ2) is 10.00. The number of rotatable bonds is 10. The van der Waals surface area contributed by atoms with E-state index in [1.165, 1.54) is 0 Å². The first-order valence-corrected chi connectivity index (χ1v) is 13.3. The molecule has 3 saturated heterocycles. The number of hydrogen-bond donors (Lipinski definition) is 4. The van der Waals surface area contributed by atoms with Gasteiger partial charge in [-0.1, -0.05) is 13.3 Å². The SMILES string of the molecule is CC1(C)OC2CC(C)(C(=O)NCCCNC(=O)CCCCC3SC[C@@H]4NC(=O)N[C@H]34)CC2O1. The van der Waals surface area contributed by atoms with Gasteiger partial charge in [0.05, 0.1) is 29.7 Å². The smallest absolute Gasteiger partial charge is 0.315 e. The van der Waals surface area contributed by atoms with Crippen molar-refractivity contribution in [2.24, 2.45) is 5.41 Å². The van der Waals surface area contributed by atoms with E-state index in [4.69, 9.17) is 9.47 Å². The van der Waals surface area contributed by atoms with E-state index in [9.17, 15) is 14.4 Å². The second-order valence-electron chi connectivity index (χ2n) is 10.5. The number of unbranched alkanes of at least 4 members (excludes halogenated alkanes) is 1. The van der Waals surface area contributed by atoms with Gasteiger partial charge in [0.1, 0.15) is 0 Å². The number of urea groups is 1. The molecule has 0 spiro atoms.